The lowest BCUT2D eigenvalue weighted by Crippen LogP contribution is -2.10. The van der Waals surface area contributed by atoms with Gasteiger partial charge in [0.05, 0.1) is 12.2 Å². The highest BCUT2D eigenvalue weighted by Gasteiger charge is 2.33. The van der Waals surface area contributed by atoms with Gasteiger partial charge in [-0.25, -0.2) is 0 Å². The van der Waals surface area contributed by atoms with Gasteiger partial charge in [-0.2, -0.15) is 18.3 Å². The molecule has 0 saturated heterocycles. The fourth-order valence-electron chi connectivity index (χ4n) is 1.74. The summed E-state index contributed by atoms with van der Waals surface area (Å²) in [5.41, 5.74) is 4.69. The van der Waals surface area contributed by atoms with E-state index in [1.54, 1.807) is 16.9 Å². The van der Waals surface area contributed by atoms with Gasteiger partial charge in [-0.05, 0) is 18.2 Å². The molecule has 0 radical (unpaired) electrons. The third-order valence-corrected chi connectivity index (χ3v) is 2.64. The molecule has 108 valence electrons. The van der Waals surface area contributed by atoms with E-state index in [1.165, 1.54) is 18.2 Å². The minimum Gasteiger partial charge on any atom is -0.493 e. The number of hydrogen-bond donors (Lipinski definition) is 1. The number of halogens is 3. The third-order valence-electron chi connectivity index (χ3n) is 2.64. The highest BCUT2D eigenvalue weighted by atomic mass is 19.4. The van der Waals surface area contributed by atoms with E-state index in [0.717, 1.165) is 6.07 Å². The molecule has 7 heteroatoms. The monoisotopic (exact) mass is 285 g/mol. The van der Waals surface area contributed by atoms with Crippen molar-refractivity contribution in [1.29, 1.82) is 0 Å². The van der Waals surface area contributed by atoms with Crippen LogP contribution < -0.4 is 10.5 Å². The SMILES string of the molecule is Nc1ccn(CCCOc2ccccc2C(F)(F)F)n1. The number of ether oxygens (including phenoxy) is 1. The van der Waals surface area contributed by atoms with Gasteiger partial charge in [-0.15, -0.1) is 0 Å². The molecule has 0 spiro atoms. The van der Waals surface area contributed by atoms with Crippen LogP contribution in [0.4, 0.5) is 19.0 Å². The molecule has 2 rings (SSSR count). The Morgan fingerprint density at radius 3 is 2.60 bits per heavy atom. The van der Waals surface area contributed by atoms with E-state index in [2.05, 4.69) is 5.10 Å². The van der Waals surface area contributed by atoms with E-state index in [4.69, 9.17) is 10.5 Å². The molecular weight excluding hydrogens is 271 g/mol. The Kier molecular flexibility index (Phi) is 4.16. The molecule has 0 aliphatic heterocycles. The zero-order chi connectivity index (χ0) is 14.6. The zero-order valence-electron chi connectivity index (χ0n) is 10.6. The van der Waals surface area contributed by atoms with Crippen molar-refractivity contribution in [2.75, 3.05) is 12.3 Å². The van der Waals surface area contributed by atoms with Gasteiger partial charge in [0.1, 0.15) is 11.6 Å². The van der Waals surface area contributed by atoms with Gasteiger partial charge in [0.2, 0.25) is 0 Å². The standard InChI is InChI=1S/C13H14F3N3O/c14-13(15,16)10-4-1-2-5-11(10)20-9-3-7-19-8-6-12(17)18-19/h1-2,4-6,8H,3,7,9H2,(H2,17,18). The quantitative estimate of drug-likeness (QED) is 0.859. The highest BCUT2D eigenvalue weighted by Crippen LogP contribution is 2.35. The number of para-hydroxylation sites is 1. The number of rotatable bonds is 5. The molecule has 0 atom stereocenters. The lowest BCUT2D eigenvalue weighted by atomic mass is 10.2. The summed E-state index contributed by atoms with van der Waals surface area (Å²) in [6.45, 7) is 0.707. The summed E-state index contributed by atoms with van der Waals surface area (Å²) in [6.07, 6.45) is -2.17. The Hall–Kier alpha value is -2.18. The molecule has 0 amide bonds. The smallest absolute Gasteiger partial charge is 0.419 e. The summed E-state index contributed by atoms with van der Waals surface area (Å²) in [5.74, 6) is 0.258. The Morgan fingerprint density at radius 2 is 1.95 bits per heavy atom. The van der Waals surface area contributed by atoms with Gasteiger partial charge in [0.15, 0.2) is 0 Å². The summed E-state index contributed by atoms with van der Waals surface area (Å²) in [6, 6.07) is 6.82. The maximum Gasteiger partial charge on any atom is 0.419 e. The van der Waals surface area contributed by atoms with Crippen LogP contribution in [0.3, 0.4) is 0 Å². The number of nitrogens with zero attached hydrogens (tertiary/aromatic N) is 2. The first-order valence-corrected chi connectivity index (χ1v) is 6.05. The van der Waals surface area contributed by atoms with Crippen LogP contribution in [0, 0.1) is 0 Å². The van der Waals surface area contributed by atoms with Gasteiger partial charge in [0.25, 0.3) is 0 Å². The van der Waals surface area contributed by atoms with Crippen LogP contribution in [0.15, 0.2) is 36.5 Å². The number of alkyl halides is 3. The second-order valence-corrected chi connectivity index (χ2v) is 4.20. The Labute approximate surface area is 114 Å². The van der Waals surface area contributed by atoms with E-state index >= 15 is 0 Å². The zero-order valence-corrected chi connectivity index (χ0v) is 10.6. The van der Waals surface area contributed by atoms with Gasteiger partial charge in [0, 0.05) is 19.2 Å². The summed E-state index contributed by atoms with van der Waals surface area (Å²) in [7, 11) is 0. The first kappa shape index (κ1) is 14.2. The van der Waals surface area contributed by atoms with Crippen molar-refractivity contribution in [1.82, 2.24) is 9.78 Å². The number of nitrogens with two attached hydrogens (primary N) is 1. The molecule has 0 saturated carbocycles. The van der Waals surface area contributed by atoms with E-state index in [9.17, 15) is 13.2 Å². The largest absolute Gasteiger partial charge is 0.493 e. The average molecular weight is 285 g/mol. The second-order valence-electron chi connectivity index (χ2n) is 4.20. The number of anilines is 1. The molecule has 0 bridgehead atoms. The molecule has 2 N–H and O–H groups in total. The molecule has 4 nitrogen and oxygen atoms in total. The third kappa shape index (κ3) is 3.66. The number of aryl methyl sites for hydroxylation is 1. The van der Waals surface area contributed by atoms with Crippen molar-refractivity contribution >= 4 is 5.82 Å². The normalized spacial score (nSPS) is 11.6. The molecule has 20 heavy (non-hydrogen) atoms. The molecule has 1 aromatic carbocycles. The van der Waals surface area contributed by atoms with Crippen molar-refractivity contribution in [2.45, 2.75) is 19.1 Å². The number of aromatic nitrogens is 2. The molecular formula is C13H14F3N3O. The van der Waals surface area contributed by atoms with E-state index in [-0.39, 0.29) is 12.4 Å². The topological polar surface area (TPSA) is 53.1 Å². The van der Waals surface area contributed by atoms with Crippen LogP contribution in [0.5, 0.6) is 5.75 Å². The van der Waals surface area contributed by atoms with Crippen LogP contribution in [0.25, 0.3) is 0 Å². The maximum atomic E-state index is 12.7. The van der Waals surface area contributed by atoms with Crippen LogP contribution in [-0.2, 0) is 12.7 Å². The molecule has 0 fully saturated rings. The summed E-state index contributed by atoms with van der Waals surface area (Å²) >= 11 is 0. The van der Waals surface area contributed by atoms with Crippen LogP contribution >= 0.6 is 0 Å². The molecule has 2 aromatic rings. The molecule has 1 heterocycles. The van der Waals surface area contributed by atoms with Crippen molar-refractivity contribution in [2.24, 2.45) is 0 Å². The molecule has 0 aliphatic carbocycles. The average Bonchev–Trinajstić information content (AvgIpc) is 2.80. The van der Waals surface area contributed by atoms with Crippen molar-refractivity contribution < 1.29 is 17.9 Å². The first-order valence-electron chi connectivity index (χ1n) is 6.05. The lowest BCUT2D eigenvalue weighted by Gasteiger charge is -2.13. The van der Waals surface area contributed by atoms with Crippen molar-refractivity contribution in [3.8, 4) is 5.75 Å². The minimum absolute atomic E-state index is 0.153. The highest BCUT2D eigenvalue weighted by molar-refractivity contribution is 5.35. The first-order chi connectivity index (χ1) is 9.47. The van der Waals surface area contributed by atoms with Gasteiger partial charge >= 0.3 is 6.18 Å². The molecule has 0 unspecified atom stereocenters. The predicted octanol–water partition coefficient (Wildman–Crippen LogP) is 2.95. The van der Waals surface area contributed by atoms with Crippen LogP contribution in [0.1, 0.15) is 12.0 Å². The van der Waals surface area contributed by atoms with Gasteiger partial charge in [-0.1, -0.05) is 12.1 Å². The fourth-order valence-corrected chi connectivity index (χ4v) is 1.74. The Bertz CT molecular complexity index is 566. The Morgan fingerprint density at radius 1 is 1.20 bits per heavy atom. The summed E-state index contributed by atoms with van der Waals surface area (Å²) in [5, 5.41) is 3.97. The minimum atomic E-state index is -4.41. The summed E-state index contributed by atoms with van der Waals surface area (Å²) < 4.78 is 45.0. The molecule has 1 aromatic heterocycles. The fraction of sp³-hybridized carbons (Fsp3) is 0.308. The van der Waals surface area contributed by atoms with Gasteiger partial charge < -0.3 is 10.5 Å². The van der Waals surface area contributed by atoms with Crippen molar-refractivity contribution in [3.63, 3.8) is 0 Å². The van der Waals surface area contributed by atoms with Gasteiger partial charge in [-0.3, -0.25) is 4.68 Å². The lowest BCUT2D eigenvalue weighted by molar-refractivity contribution is -0.138. The number of hydrogen-bond acceptors (Lipinski definition) is 3. The van der Waals surface area contributed by atoms with E-state index in [0.29, 0.717) is 18.8 Å². The Balaban J connectivity index is 1.88. The maximum absolute atomic E-state index is 12.7. The predicted molar refractivity (Wildman–Crippen MR) is 68.2 cm³/mol. The van der Waals surface area contributed by atoms with Crippen LogP contribution in [0.2, 0.25) is 0 Å². The van der Waals surface area contributed by atoms with E-state index in [1.807, 2.05) is 0 Å². The van der Waals surface area contributed by atoms with E-state index < -0.39 is 11.7 Å². The molecule has 0 aliphatic rings. The number of nitrogen functional groups attached to an aromatic ring is 1. The number of benzene rings is 1. The summed E-state index contributed by atoms with van der Waals surface area (Å²) in [4.78, 5) is 0. The second kappa shape index (κ2) is 5.85. The van der Waals surface area contributed by atoms with Crippen LogP contribution in [-0.4, -0.2) is 16.4 Å². The van der Waals surface area contributed by atoms with Crippen molar-refractivity contribution in [3.05, 3.63) is 42.1 Å².